The number of allylic oxidation sites excluding steroid dienone is 7. The lowest BCUT2D eigenvalue weighted by atomic mass is 9.51. The molecule has 7 heteroatoms. The summed E-state index contributed by atoms with van der Waals surface area (Å²) >= 11 is 0. The second kappa shape index (κ2) is 21.0. The molecule has 7 nitrogen and oxygen atoms in total. The van der Waals surface area contributed by atoms with Crippen LogP contribution in [0, 0.1) is 23.2 Å². The number of carbonyl (C=O) groups excluding carboxylic acids is 1. The van der Waals surface area contributed by atoms with Gasteiger partial charge < -0.3 is 31.1 Å². The standard InChI is InChI=1S/C47H72N2O5/c1-7-8-9-18-44(52)41(16-10-13-34(3)39-20-19-33(2)31-49-36(5)28-37-14-11-15-38(29-37)30-39)42-22-24-47(45(42)53)43(17-12-27-50)40(35(4)32-51)21-23-46(47,54)25-26-48-6/h10-11,13-16,19,29,32,36,39,42-45,48-50,52-54H,3,7-9,12,17-18,20-28,30-31H2,1-2,4-6H3/t36-,39-,42+,43-,44+,45+,46-,47+/m0/s1. The Morgan fingerprint density at radius 1 is 1.17 bits per heavy atom. The van der Waals surface area contributed by atoms with E-state index in [1.54, 1.807) is 0 Å². The molecule has 8 atom stereocenters. The molecular weight excluding hydrogens is 673 g/mol. The first-order valence-corrected chi connectivity index (χ1v) is 21.0. The SMILES string of the molecule is C=C(C=CC=C([C@H](O)CCCCC)[C@H]1CC[C@]2([C@@H]1O)[C@@H](CCCO)C(=C(C)C=O)CC[C@]2(O)CCNC)[C@H]1CC=C(C)CN[C@@H](C)Cc2cccc(c2)C1. The molecule has 4 rings (SSSR count). The molecule has 1 aliphatic heterocycles. The molecular formula is C47H72N2O5. The van der Waals surface area contributed by atoms with E-state index in [-0.39, 0.29) is 24.4 Å². The highest BCUT2D eigenvalue weighted by Gasteiger charge is 2.65. The molecule has 0 radical (unpaired) electrons. The zero-order chi connectivity index (χ0) is 39.3. The number of carbonyl (C=O) groups is 1. The number of benzene rings is 1. The van der Waals surface area contributed by atoms with Crippen molar-refractivity contribution in [1.82, 2.24) is 10.6 Å². The van der Waals surface area contributed by atoms with Crippen LogP contribution >= 0.6 is 0 Å². The molecule has 0 saturated heterocycles. The van der Waals surface area contributed by atoms with Crippen LogP contribution in [0.5, 0.6) is 0 Å². The van der Waals surface area contributed by atoms with Crippen molar-refractivity contribution in [2.45, 2.75) is 141 Å². The lowest BCUT2D eigenvalue weighted by Crippen LogP contribution is -2.61. The smallest absolute Gasteiger partial charge is 0.145 e. The molecule has 6 N–H and O–H groups in total. The second-order valence-electron chi connectivity index (χ2n) is 16.9. The molecule has 0 unspecified atom stereocenters. The Morgan fingerprint density at radius 2 is 1.93 bits per heavy atom. The van der Waals surface area contributed by atoms with Crippen molar-refractivity contribution in [3.63, 3.8) is 0 Å². The molecule has 300 valence electrons. The Labute approximate surface area is 326 Å². The maximum absolute atomic E-state index is 12.7. The fraction of sp³-hybridized carbons (Fsp3) is 0.638. The van der Waals surface area contributed by atoms with E-state index in [1.165, 1.54) is 16.7 Å². The van der Waals surface area contributed by atoms with Gasteiger partial charge in [-0.15, -0.1) is 0 Å². The van der Waals surface area contributed by atoms with E-state index in [0.29, 0.717) is 69.5 Å². The van der Waals surface area contributed by atoms with Gasteiger partial charge in [-0.05, 0) is 139 Å². The summed E-state index contributed by atoms with van der Waals surface area (Å²) in [6.45, 7) is 14.4. The van der Waals surface area contributed by atoms with Gasteiger partial charge >= 0.3 is 0 Å². The third-order valence-electron chi connectivity index (χ3n) is 13.1. The number of aliphatic hydroxyl groups is 4. The van der Waals surface area contributed by atoms with Crippen LogP contribution < -0.4 is 10.6 Å². The summed E-state index contributed by atoms with van der Waals surface area (Å²) in [6, 6.07) is 9.31. The Morgan fingerprint density at radius 3 is 2.63 bits per heavy atom. The van der Waals surface area contributed by atoms with Crippen molar-refractivity contribution in [3.8, 4) is 0 Å². The molecule has 1 spiro atoms. The van der Waals surface area contributed by atoms with Gasteiger partial charge in [0, 0.05) is 30.5 Å². The van der Waals surface area contributed by atoms with E-state index in [9.17, 15) is 25.2 Å². The van der Waals surface area contributed by atoms with E-state index in [4.69, 9.17) is 0 Å². The predicted molar refractivity (Wildman–Crippen MR) is 222 cm³/mol. The zero-order valence-electron chi connectivity index (χ0n) is 34.1. The van der Waals surface area contributed by atoms with Crippen LogP contribution in [-0.2, 0) is 17.6 Å². The monoisotopic (exact) mass is 745 g/mol. The number of unbranched alkanes of at least 4 members (excludes halogenated alkanes) is 2. The van der Waals surface area contributed by atoms with E-state index in [0.717, 1.165) is 68.1 Å². The Bertz CT molecular complexity index is 1510. The van der Waals surface area contributed by atoms with Gasteiger partial charge in [-0.3, -0.25) is 4.79 Å². The van der Waals surface area contributed by atoms with Gasteiger partial charge in [0.25, 0.3) is 0 Å². The first kappa shape index (κ1) is 44.1. The van der Waals surface area contributed by atoms with Gasteiger partial charge in [-0.2, -0.15) is 0 Å². The Balaban J connectivity index is 1.72. The number of nitrogens with one attached hydrogen (secondary N) is 2. The van der Waals surface area contributed by atoms with Crippen LogP contribution in [-0.4, -0.2) is 77.3 Å². The highest BCUT2D eigenvalue weighted by atomic mass is 16.3. The molecule has 2 aliphatic carbocycles. The van der Waals surface area contributed by atoms with Crippen LogP contribution in [0.2, 0.25) is 0 Å². The summed E-state index contributed by atoms with van der Waals surface area (Å²) in [5.41, 5.74) is 5.36. The fourth-order valence-electron chi connectivity index (χ4n) is 10.0. The summed E-state index contributed by atoms with van der Waals surface area (Å²) in [4.78, 5) is 12.2. The minimum absolute atomic E-state index is 0.00231. The van der Waals surface area contributed by atoms with Crippen molar-refractivity contribution in [3.05, 3.63) is 94.1 Å². The third kappa shape index (κ3) is 10.6. The summed E-state index contributed by atoms with van der Waals surface area (Å²) in [7, 11) is 1.87. The molecule has 1 heterocycles. The largest absolute Gasteiger partial charge is 0.396 e. The summed E-state index contributed by atoms with van der Waals surface area (Å²) in [6.07, 6.45) is 17.8. The van der Waals surface area contributed by atoms with E-state index in [2.05, 4.69) is 74.4 Å². The van der Waals surface area contributed by atoms with E-state index >= 15 is 0 Å². The molecule has 1 aromatic rings. The summed E-state index contributed by atoms with van der Waals surface area (Å²) in [5, 5.41) is 54.1. The van der Waals surface area contributed by atoms with Crippen LogP contribution in [0.4, 0.5) is 0 Å². The Kier molecular flexibility index (Phi) is 17.2. The highest BCUT2D eigenvalue weighted by Crippen LogP contribution is 2.64. The maximum atomic E-state index is 12.7. The lowest BCUT2D eigenvalue weighted by molar-refractivity contribution is -0.181. The van der Waals surface area contributed by atoms with Gasteiger partial charge in [0.2, 0.25) is 0 Å². The van der Waals surface area contributed by atoms with Crippen LogP contribution in [0.15, 0.2) is 83.0 Å². The average molecular weight is 745 g/mol. The van der Waals surface area contributed by atoms with Gasteiger partial charge in [0.15, 0.2) is 0 Å². The van der Waals surface area contributed by atoms with Gasteiger partial charge in [0.1, 0.15) is 6.29 Å². The Hall–Kier alpha value is -2.65. The number of rotatable bonds is 16. The van der Waals surface area contributed by atoms with Crippen molar-refractivity contribution in [1.29, 1.82) is 0 Å². The summed E-state index contributed by atoms with van der Waals surface area (Å²) < 4.78 is 0. The van der Waals surface area contributed by atoms with Crippen LogP contribution in [0.25, 0.3) is 0 Å². The maximum Gasteiger partial charge on any atom is 0.145 e. The predicted octanol–water partition coefficient (Wildman–Crippen LogP) is 7.49. The van der Waals surface area contributed by atoms with Crippen LogP contribution in [0.3, 0.4) is 0 Å². The van der Waals surface area contributed by atoms with Gasteiger partial charge in [-0.1, -0.05) is 98.1 Å². The highest BCUT2D eigenvalue weighted by molar-refractivity contribution is 5.74. The molecule has 1 aromatic carbocycles. The zero-order valence-corrected chi connectivity index (χ0v) is 34.1. The third-order valence-corrected chi connectivity index (χ3v) is 13.1. The van der Waals surface area contributed by atoms with Gasteiger partial charge in [0.05, 0.1) is 17.8 Å². The number of fused-ring (bicyclic) bond motifs is 2. The van der Waals surface area contributed by atoms with E-state index in [1.807, 2.05) is 26.1 Å². The lowest BCUT2D eigenvalue weighted by Gasteiger charge is -2.57. The van der Waals surface area contributed by atoms with Crippen LogP contribution in [0.1, 0.15) is 116 Å². The molecule has 2 saturated carbocycles. The molecule has 54 heavy (non-hydrogen) atoms. The topological polar surface area (TPSA) is 122 Å². The van der Waals surface area contributed by atoms with Crippen molar-refractivity contribution >= 4 is 6.29 Å². The molecule has 2 bridgehead atoms. The number of aliphatic hydroxyl groups excluding tert-OH is 3. The fourth-order valence-corrected chi connectivity index (χ4v) is 10.0. The quantitative estimate of drug-likeness (QED) is 0.0341. The first-order chi connectivity index (χ1) is 25.9. The van der Waals surface area contributed by atoms with Crippen molar-refractivity contribution in [2.24, 2.45) is 23.2 Å². The molecule has 2 fully saturated rings. The summed E-state index contributed by atoms with van der Waals surface area (Å²) in [5.74, 6) is -0.413. The first-order valence-electron chi connectivity index (χ1n) is 21.0. The molecule has 0 aromatic heterocycles. The normalized spacial score (nSPS) is 31.2. The molecule has 0 amide bonds. The average Bonchev–Trinajstić information content (AvgIpc) is 3.50. The minimum atomic E-state index is -1.18. The van der Waals surface area contributed by atoms with Gasteiger partial charge in [-0.25, -0.2) is 0 Å². The number of hydrogen-bond donors (Lipinski definition) is 6. The van der Waals surface area contributed by atoms with Crippen molar-refractivity contribution < 1.29 is 25.2 Å². The van der Waals surface area contributed by atoms with Crippen molar-refractivity contribution in [2.75, 3.05) is 26.7 Å². The minimum Gasteiger partial charge on any atom is -0.396 e. The number of aldehydes is 1. The molecule has 3 aliphatic rings. The number of hydrogen-bond acceptors (Lipinski definition) is 7. The second-order valence-corrected chi connectivity index (χ2v) is 16.9. The van der Waals surface area contributed by atoms with E-state index < -0.39 is 23.2 Å².